The molecule has 3 aromatic heterocycles. The molecule has 10 aromatic rings. The zero-order valence-corrected chi connectivity index (χ0v) is 26.9. The molecule has 224 valence electrons. The van der Waals surface area contributed by atoms with Crippen LogP contribution >= 0.6 is 11.3 Å². The number of nitrogens with zero attached hydrogens (tertiary/aromatic N) is 3. The molecular formula is C44H27N3S. The van der Waals surface area contributed by atoms with Gasteiger partial charge in [0.1, 0.15) is 0 Å². The van der Waals surface area contributed by atoms with E-state index in [0.29, 0.717) is 5.56 Å². The molecule has 0 N–H and O–H groups in total. The number of fused-ring (bicyclic) bond motifs is 10. The number of benzene rings is 7. The van der Waals surface area contributed by atoms with Crippen molar-refractivity contribution in [3.63, 3.8) is 0 Å². The van der Waals surface area contributed by atoms with Crippen LogP contribution < -0.4 is 0 Å². The maximum atomic E-state index is 9.70. The van der Waals surface area contributed by atoms with E-state index in [1.807, 2.05) is 23.5 Å². The Morgan fingerprint density at radius 2 is 1.27 bits per heavy atom. The maximum Gasteiger partial charge on any atom is 0.0991 e. The summed E-state index contributed by atoms with van der Waals surface area (Å²) in [5, 5.41) is 17.1. The lowest BCUT2D eigenvalue weighted by molar-refractivity contribution is 1.17. The van der Waals surface area contributed by atoms with Crippen molar-refractivity contribution in [2.45, 2.75) is 6.92 Å². The molecule has 7 aromatic carbocycles. The summed E-state index contributed by atoms with van der Waals surface area (Å²) < 4.78 is 7.41. The second-order valence-electron chi connectivity index (χ2n) is 12.6. The Labute approximate surface area is 280 Å². The van der Waals surface area contributed by atoms with Gasteiger partial charge in [-0.1, -0.05) is 78.4 Å². The van der Waals surface area contributed by atoms with Crippen molar-refractivity contribution in [1.82, 2.24) is 9.13 Å². The molecule has 0 fully saturated rings. The maximum absolute atomic E-state index is 9.70. The number of aryl methyl sites for hydroxylation is 1. The predicted molar refractivity (Wildman–Crippen MR) is 203 cm³/mol. The summed E-state index contributed by atoms with van der Waals surface area (Å²) in [6.45, 7) is 2.17. The molecule has 0 radical (unpaired) electrons. The highest BCUT2D eigenvalue weighted by atomic mass is 32.1. The molecule has 0 saturated carbocycles. The average molecular weight is 630 g/mol. The first-order chi connectivity index (χ1) is 23.7. The zero-order chi connectivity index (χ0) is 31.9. The number of rotatable bonds is 3. The van der Waals surface area contributed by atoms with Crippen LogP contribution in [0.1, 0.15) is 11.1 Å². The smallest absolute Gasteiger partial charge is 0.0991 e. The van der Waals surface area contributed by atoms with Crippen molar-refractivity contribution in [3.05, 3.63) is 157 Å². The van der Waals surface area contributed by atoms with Crippen LogP contribution in [0.25, 0.3) is 86.3 Å². The third kappa shape index (κ3) is 3.80. The second kappa shape index (κ2) is 10.2. The minimum Gasteiger partial charge on any atom is -0.309 e. The molecule has 10 rings (SSSR count). The molecule has 0 bridgehead atoms. The molecule has 0 unspecified atom stereocenters. The second-order valence-corrected chi connectivity index (χ2v) is 13.6. The molecule has 3 heterocycles. The summed E-state index contributed by atoms with van der Waals surface area (Å²) in [4.78, 5) is 0. The van der Waals surface area contributed by atoms with E-state index in [9.17, 15) is 5.26 Å². The SMILES string of the molecule is Cc1ccc(-n2c3ccccc3c3cc(C#N)ccc32)c(-c2ccc3c(c2)c2c4sc5ccccc5c4ccc2n3-c2ccccc2)c1. The standard InChI is InChI=1S/C44H27N3S/c1-27-15-19-38(47-37-13-7-5-11-31(37)35-24-28(26-45)16-20-39(35)47)34(23-27)29-17-21-40-36(25-29)43-41(46(40)30-9-3-2-4-10-30)22-18-33-32-12-6-8-14-42(32)48-44(33)43/h2-25H,1H3. The third-order valence-electron chi connectivity index (χ3n) is 9.79. The van der Waals surface area contributed by atoms with E-state index in [2.05, 4.69) is 156 Å². The first kappa shape index (κ1) is 27.0. The summed E-state index contributed by atoms with van der Waals surface area (Å²) in [5.74, 6) is 0. The zero-order valence-electron chi connectivity index (χ0n) is 26.1. The minimum absolute atomic E-state index is 0.669. The molecule has 0 atom stereocenters. The molecule has 4 heteroatoms. The Hall–Kier alpha value is -6.15. The van der Waals surface area contributed by atoms with E-state index in [-0.39, 0.29) is 0 Å². The monoisotopic (exact) mass is 629 g/mol. The lowest BCUT2D eigenvalue weighted by Gasteiger charge is -2.15. The van der Waals surface area contributed by atoms with Gasteiger partial charge in [-0.15, -0.1) is 11.3 Å². The van der Waals surface area contributed by atoms with Gasteiger partial charge >= 0.3 is 0 Å². The number of hydrogen-bond donors (Lipinski definition) is 0. The molecule has 3 nitrogen and oxygen atoms in total. The van der Waals surface area contributed by atoms with Crippen LogP contribution in [0, 0.1) is 18.3 Å². The molecule has 48 heavy (non-hydrogen) atoms. The highest BCUT2D eigenvalue weighted by Crippen LogP contribution is 2.45. The first-order valence-electron chi connectivity index (χ1n) is 16.2. The van der Waals surface area contributed by atoms with Crippen LogP contribution in [-0.4, -0.2) is 9.13 Å². The van der Waals surface area contributed by atoms with Gasteiger partial charge in [-0.25, -0.2) is 0 Å². The number of aromatic nitrogens is 2. The van der Waals surface area contributed by atoms with Gasteiger partial charge in [0.15, 0.2) is 0 Å². The highest BCUT2D eigenvalue weighted by molar-refractivity contribution is 7.26. The van der Waals surface area contributed by atoms with Crippen LogP contribution in [0.2, 0.25) is 0 Å². The van der Waals surface area contributed by atoms with E-state index >= 15 is 0 Å². The van der Waals surface area contributed by atoms with Crippen molar-refractivity contribution < 1.29 is 0 Å². The molecule has 0 aliphatic heterocycles. The summed E-state index contributed by atoms with van der Waals surface area (Å²) in [7, 11) is 0. The van der Waals surface area contributed by atoms with Gasteiger partial charge in [-0.05, 0) is 85.3 Å². The van der Waals surface area contributed by atoms with Crippen molar-refractivity contribution in [2.75, 3.05) is 0 Å². The minimum atomic E-state index is 0.669. The van der Waals surface area contributed by atoms with Crippen molar-refractivity contribution in [2.24, 2.45) is 0 Å². The molecule has 0 spiro atoms. The van der Waals surface area contributed by atoms with Crippen LogP contribution in [0.3, 0.4) is 0 Å². The quantitative estimate of drug-likeness (QED) is 0.191. The average Bonchev–Trinajstić information content (AvgIpc) is 3.79. The van der Waals surface area contributed by atoms with Gasteiger partial charge in [0, 0.05) is 53.0 Å². The molecule has 0 amide bonds. The fourth-order valence-electron chi connectivity index (χ4n) is 7.69. The first-order valence-corrected chi connectivity index (χ1v) is 17.0. The van der Waals surface area contributed by atoms with E-state index in [4.69, 9.17) is 0 Å². The number of para-hydroxylation sites is 2. The number of hydrogen-bond acceptors (Lipinski definition) is 2. The predicted octanol–water partition coefficient (Wildman–Crippen LogP) is 12.1. The summed E-state index contributed by atoms with van der Waals surface area (Å²) in [6.07, 6.45) is 0. The van der Waals surface area contributed by atoms with Crippen molar-refractivity contribution in [1.29, 1.82) is 5.26 Å². The van der Waals surface area contributed by atoms with Crippen LogP contribution in [0.5, 0.6) is 0 Å². The van der Waals surface area contributed by atoms with E-state index in [1.54, 1.807) is 0 Å². The van der Waals surface area contributed by atoms with Gasteiger partial charge < -0.3 is 9.13 Å². The van der Waals surface area contributed by atoms with E-state index in [1.165, 1.54) is 58.7 Å². The van der Waals surface area contributed by atoms with Crippen molar-refractivity contribution in [3.8, 4) is 28.6 Å². The Morgan fingerprint density at radius 1 is 0.542 bits per heavy atom. The Kier molecular flexibility index (Phi) is 5.72. The lowest BCUT2D eigenvalue weighted by atomic mass is 9.98. The summed E-state index contributed by atoms with van der Waals surface area (Å²) >= 11 is 1.89. The highest BCUT2D eigenvalue weighted by Gasteiger charge is 2.20. The van der Waals surface area contributed by atoms with Gasteiger partial charge in [-0.3, -0.25) is 0 Å². The summed E-state index contributed by atoms with van der Waals surface area (Å²) in [5.41, 5.74) is 11.1. The molecule has 0 aliphatic carbocycles. The van der Waals surface area contributed by atoms with Gasteiger partial charge in [0.05, 0.1) is 39.4 Å². The Bertz CT molecular complexity index is 2970. The number of nitriles is 1. The van der Waals surface area contributed by atoms with Crippen LogP contribution in [-0.2, 0) is 0 Å². The number of thiophene rings is 1. The normalized spacial score (nSPS) is 11.8. The third-order valence-corrected chi connectivity index (χ3v) is 11.0. The van der Waals surface area contributed by atoms with Gasteiger partial charge in [0.25, 0.3) is 0 Å². The largest absolute Gasteiger partial charge is 0.309 e. The Balaban J connectivity index is 1.31. The molecule has 0 aliphatic rings. The fourth-order valence-corrected chi connectivity index (χ4v) is 8.95. The molecule has 0 saturated heterocycles. The van der Waals surface area contributed by atoms with Crippen molar-refractivity contribution >= 4 is 75.1 Å². The Morgan fingerprint density at radius 3 is 2.15 bits per heavy atom. The summed E-state index contributed by atoms with van der Waals surface area (Å²) in [6, 6.07) is 54.7. The van der Waals surface area contributed by atoms with Crippen LogP contribution in [0.4, 0.5) is 0 Å². The van der Waals surface area contributed by atoms with Gasteiger partial charge in [-0.2, -0.15) is 5.26 Å². The van der Waals surface area contributed by atoms with Gasteiger partial charge in [0.2, 0.25) is 0 Å². The topological polar surface area (TPSA) is 33.6 Å². The lowest BCUT2D eigenvalue weighted by Crippen LogP contribution is -1.98. The van der Waals surface area contributed by atoms with E-state index in [0.717, 1.165) is 33.2 Å². The molecular weight excluding hydrogens is 603 g/mol. The van der Waals surface area contributed by atoms with Crippen LogP contribution in [0.15, 0.2) is 146 Å². The van der Waals surface area contributed by atoms with E-state index < -0.39 is 0 Å². The fraction of sp³-hybridized carbons (Fsp3) is 0.0227.